The molecule has 6 nitrogen and oxygen atoms in total. The van der Waals surface area contributed by atoms with E-state index in [4.69, 9.17) is 15.6 Å². The van der Waals surface area contributed by atoms with Gasteiger partial charge in [0.25, 0.3) is 0 Å². The summed E-state index contributed by atoms with van der Waals surface area (Å²) in [7, 11) is 0. The van der Waals surface area contributed by atoms with Gasteiger partial charge in [-0.25, -0.2) is 4.79 Å². The predicted octanol–water partition coefficient (Wildman–Crippen LogP) is 2.65. The largest absolute Gasteiger partial charge is 0.481 e. The Balaban J connectivity index is 2.63. The van der Waals surface area contributed by atoms with E-state index in [2.05, 4.69) is 5.32 Å². The lowest BCUT2D eigenvalue weighted by molar-refractivity contribution is -0.137. The molecular formula is C16H30N2O4. The maximum absolute atomic E-state index is 12.0. The fourth-order valence-corrected chi connectivity index (χ4v) is 2.93. The molecule has 128 valence electrons. The van der Waals surface area contributed by atoms with Crippen LogP contribution in [0.2, 0.25) is 0 Å². The first kappa shape index (κ1) is 18.7. The number of nitrogens with one attached hydrogen (secondary N) is 1. The number of amides is 1. The van der Waals surface area contributed by atoms with E-state index in [1.165, 1.54) is 19.3 Å². The van der Waals surface area contributed by atoms with Crippen molar-refractivity contribution in [2.45, 2.75) is 83.4 Å². The van der Waals surface area contributed by atoms with Gasteiger partial charge in [-0.1, -0.05) is 32.1 Å². The van der Waals surface area contributed by atoms with Crippen molar-refractivity contribution in [1.29, 1.82) is 0 Å². The van der Waals surface area contributed by atoms with Crippen LogP contribution in [0.1, 0.15) is 65.7 Å². The second-order valence-electron chi connectivity index (χ2n) is 7.25. The van der Waals surface area contributed by atoms with Crippen molar-refractivity contribution in [3.05, 3.63) is 0 Å². The van der Waals surface area contributed by atoms with E-state index in [0.29, 0.717) is 12.3 Å². The minimum absolute atomic E-state index is 0.160. The lowest BCUT2D eigenvalue weighted by atomic mass is 9.83. The number of hydrogen-bond acceptors (Lipinski definition) is 4. The minimum Gasteiger partial charge on any atom is -0.481 e. The first-order chi connectivity index (χ1) is 10.2. The monoisotopic (exact) mass is 314 g/mol. The van der Waals surface area contributed by atoms with Crippen molar-refractivity contribution >= 4 is 12.1 Å². The van der Waals surface area contributed by atoms with Gasteiger partial charge in [-0.15, -0.1) is 0 Å². The van der Waals surface area contributed by atoms with Gasteiger partial charge in [0.1, 0.15) is 5.60 Å². The zero-order valence-corrected chi connectivity index (χ0v) is 13.9. The van der Waals surface area contributed by atoms with Crippen molar-refractivity contribution in [1.82, 2.24) is 5.32 Å². The Labute approximate surface area is 132 Å². The van der Waals surface area contributed by atoms with Crippen LogP contribution < -0.4 is 11.1 Å². The van der Waals surface area contributed by atoms with Gasteiger partial charge in [0.05, 0.1) is 6.42 Å². The van der Waals surface area contributed by atoms with E-state index in [0.717, 1.165) is 12.8 Å². The molecule has 1 aliphatic rings. The Morgan fingerprint density at radius 1 is 1.27 bits per heavy atom. The number of carboxylic acid groups (broad SMARTS) is 1. The normalized spacial score (nSPS) is 19.3. The molecule has 1 fully saturated rings. The van der Waals surface area contributed by atoms with Crippen LogP contribution in [0.5, 0.6) is 0 Å². The van der Waals surface area contributed by atoms with E-state index in [1.807, 2.05) is 0 Å². The van der Waals surface area contributed by atoms with Gasteiger partial charge in [0.15, 0.2) is 0 Å². The van der Waals surface area contributed by atoms with Crippen molar-refractivity contribution in [3.63, 3.8) is 0 Å². The summed E-state index contributed by atoms with van der Waals surface area (Å²) in [5.41, 5.74) is 5.41. The minimum atomic E-state index is -0.952. The lowest BCUT2D eigenvalue weighted by Gasteiger charge is -2.31. The summed E-state index contributed by atoms with van der Waals surface area (Å²) in [5, 5.41) is 11.7. The van der Waals surface area contributed by atoms with E-state index in [9.17, 15) is 9.59 Å². The molecule has 0 aromatic heterocycles. The van der Waals surface area contributed by atoms with Crippen LogP contribution >= 0.6 is 0 Å². The highest BCUT2D eigenvalue weighted by atomic mass is 16.6. The molecule has 4 N–H and O–H groups in total. The molecule has 2 atom stereocenters. The van der Waals surface area contributed by atoms with Crippen LogP contribution in [0.3, 0.4) is 0 Å². The summed E-state index contributed by atoms with van der Waals surface area (Å²) < 4.78 is 5.26. The summed E-state index contributed by atoms with van der Waals surface area (Å²) >= 11 is 0. The Morgan fingerprint density at radius 3 is 2.36 bits per heavy atom. The summed E-state index contributed by atoms with van der Waals surface area (Å²) in [6, 6.07) is -0.971. The van der Waals surface area contributed by atoms with Crippen LogP contribution in [-0.4, -0.2) is 34.9 Å². The summed E-state index contributed by atoms with van der Waals surface area (Å²) in [5.74, 6) is -0.458. The number of carbonyl (C=O) groups excluding carboxylic acids is 1. The number of nitrogens with two attached hydrogens (primary N) is 1. The Hall–Kier alpha value is -1.30. The number of alkyl carbamates (subject to hydrolysis) is 1. The summed E-state index contributed by atoms with van der Waals surface area (Å²) in [6.45, 7) is 5.37. The molecule has 0 aliphatic heterocycles. The van der Waals surface area contributed by atoms with Gasteiger partial charge < -0.3 is 20.9 Å². The van der Waals surface area contributed by atoms with Gasteiger partial charge in [-0.05, 0) is 33.1 Å². The van der Waals surface area contributed by atoms with Gasteiger partial charge in [0.2, 0.25) is 0 Å². The first-order valence-corrected chi connectivity index (χ1v) is 8.14. The van der Waals surface area contributed by atoms with Crippen LogP contribution in [-0.2, 0) is 9.53 Å². The van der Waals surface area contributed by atoms with Gasteiger partial charge in [0, 0.05) is 12.1 Å². The van der Waals surface area contributed by atoms with Crippen molar-refractivity contribution in [3.8, 4) is 0 Å². The average Bonchev–Trinajstić information content (AvgIpc) is 2.36. The summed E-state index contributed by atoms with van der Waals surface area (Å²) in [6.07, 6.45) is 5.89. The van der Waals surface area contributed by atoms with Gasteiger partial charge in [-0.2, -0.15) is 0 Å². The molecule has 0 bridgehead atoms. The molecule has 0 saturated heterocycles. The number of rotatable bonds is 6. The average molecular weight is 314 g/mol. The maximum Gasteiger partial charge on any atom is 0.407 e. The highest BCUT2D eigenvalue weighted by Gasteiger charge is 2.28. The first-order valence-electron chi connectivity index (χ1n) is 8.14. The van der Waals surface area contributed by atoms with Crippen molar-refractivity contribution in [2.24, 2.45) is 11.7 Å². The van der Waals surface area contributed by atoms with Crippen LogP contribution in [0.25, 0.3) is 0 Å². The third kappa shape index (κ3) is 7.64. The molecule has 1 aliphatic carbocycles. The molecule has 0 radical (unpaired) electrons. The van der Waals surface area contributed by atoms with Gasteiger partial charge in [-0.3, -0.25) is 4.79 Å². The molecular weight excluding hydrogens is 284 g/mol. The smallest absolute Gasteiger partial charge is 0.407 e. The van der Waals surface area contributed by atoms with E-state index in [1.54, 1.807) is 20.8 Å². The van der Waals surface area contributed by atoms with Crippen molar-refractivity contribution in [2.75, 3.05) is 0 Å². The molecule has 0 unspecified atom stereocenters. The molecule has 0 spiro atoms. The van der Waals surface area contributed by atoms with Crippen LogP contribution in [0.15, 0.2) is 0 Å². The topological polar surface area (TPSA) is 102 Å². The third-order valence-corrected chi connectivity index (χ3v) is 3.94. The number of carbonyl (C=O) groups is 2. The highest BCUT2D eigenvalue weighted by Crippen LogP contribution is 2.28. The highest BCUT2D eigenvalue weighted by molar-refractivity contribution is 5.69. The predicted molar refractivity (Wildman–Crippen MR) is 84.6 cm³/mol. The molecule has 1 rings (SSSR count). The number of ether oxygens (including phenoxy) is 1. The van der Waals surface area contributed by atoms with Crippen LogP contribution in [0.4, 0.5) is 4.79 Å². The zero-order valence-electron chi connectivity index (χ0n) is 13.9. The zero-order chi connectivity index (χ0) is 16.8. The Morgan fingerprint density at radius 2 is 1.86 bits per heavy atom. The van der Waals surface area contributed by atoms with E-state index < -0.39 is 23.7 Å². The molecule has 1 saturated carbocycles. The maximum atomic E-state index is 12.0. The van der Waals surface area contributed by atoms with E-state index in [-0.39, 0.29) is 12.5 Å². The molecule has 0 heterocycles. The SMILES string of the molecule is CC(C)(C)OC(=O)N[C@@H](CC1CCCCC1)[C@H](N)CC(=O)O. The molecule has 0 aromatic rings. The second kappa shape index (κ2) is 8.36. The van der Waals surface area contributed by atoms with Crippen molar-refractivity contribution < 1.29 is 19.4 Å². The number of hydrogen-bond donors (Lipinski definition) is 3. The van der Waals surface area contributed by atoms with Crippen LogP contribution in [0, 0.1) is 5.92 Å². The second-order valence-corrected chi connectivity index (χ2v) is 7.25. The fraction of sp³-hybridized carbons (Fsp3) is 0.875. The molecule has 0 aromatic carbocycles. The molecule has 22 heavy (non-hydrogen) atoms. The van der Waals surface area contributed by atoms with Gasteiger partial charge >= 0.3 is 12.1 Å². The number of carboxylic acids is 1. The third-order valence-electron chi connectivity index (χ3n) is 3.94. The Bertz CT molecular complexity index is 373. The quantitative estimate of drug-likeness (QED) is 0.699. The number of aliphatic carboxylic acids is 1. The molecule has 1 amide bonds. The summed E-state index contributed by atoms with van der Waals surface area (Å²) in [4.78, 5) is 22.9. The lowest BCUT2D eigenvalue weighted by Crippen LogP contribution is -2.50. The standard InChI is InChI=1S/C16H30N2O4/c1-16(2,3)22-15(21)18-13(12(17)10-14(19)20)9-11-7-5-4-6-8-11/h11-13H,4-10,17H2,1-3H3,(H,18,21)(H,19,20)/t12-,13+/m1/s1. The van der Waals surface area contributed by atoms with E-state index >= 15 is 0 Å². The molecule has 6 heteroatoms. The Kier molecular flexibility index (Phi) is 7.13. The fourth-order valence-electron chi connectivity index (χ4n) is 2.93.